The third-order valence-corrected chi connectivity index (χ3v) is 6.14. The summed E-state index contributed by atoms with van der Waals surface area (Å²) in [5.74, 6) is 0.881. The van der Waals surface area contributed by atoms with E-state index in [1.807, 2.05) is 0 Å². The maximum absolute atomic E-state index is 12.6. The molecule has 1 amide bonds. The lowest BCUT2D eigenvalue weighted by Crippen LogP contribution is -2.19. The summed E-state index contributed by atoms with van der Waals surface area (Å²) in [5.41, 5.74) is 1.63. The van der Waals surface area contributed by atoms with Gasteiger partial charge in [0.2, 0.25) is 0 Å². The van der Waals surface area contributed by atoms with Crippen molar-refractivity contribution in [3.05, 3.63) is 87.2 Å². The number of rotatable bonds is 6. The fraction of sp³-hybridized carbons (Fsp3) is 0.0800. The SMILES string of the molecule is COc1ccc(N=C2NC(=O)/C(=C/c3cc(Br)ccc3OC(=O)c3ccc(OC)cc3)S2)cc1. The third-order valence-electron chi connectivity index (χ3n) is 4.74. The van der Waals surface area contributed by atoms with Gasteiger partial charge in [0.15, 0.2) is 5.17 Å². The van der Waals surface area contributed by atoms with Crippen LogP contribution in [-0.2, 0) is 4.79 Å². The van der Waals surface area contributed by atoms with Crippen molar-refractivity contribution >= 4 is 56.5 Å². The summed E-state index contributed by atoms with van der Waals surface area (Å²) in [6, 6.07) is 19.0. The standard InChI is InChI=1S/C25H19BrN2O5S/c1-31-19-8-3-15(4-9-19)24(30)33-21-12-5-17(26)13-16(21)14-22-23(29)28-25(34-22)27-18-6-10-20(32-2)11-7-18/h3-14H,1-2H3,(H,27,28,29)/b22-14-. The number of hydrogen-bond donors (Lipinski definition) is 1. The number of nitrogens with zero attached hydrogens (tertiary/aromatic N) is 1. The van der Waals surface area contributed by atoms with Gasteiger partial charge in [-0.05, 0) is 84.6 Å². The van der Waals surface area contributed by atoms with Crippen molar-refractivity contribution in [3.63, 3.8) is 0 Å². The Labute approximate surface area is 209 Å². The highest BCUT2D eigenvalue weighted by atomic mass is 79.9. The van der Waals surface area contributed by atoms with Gasteiger partial charge >= 0.3 is 5.97 Å². The zero-order chi connectivity index (χ0) is 24.1. The van der Waals surface area contributed by atoms with Crippen LogP contribution in [0.3, 0.4) is 0 Å². The van der Waals surface area contributed by atoms with Crippen molar-refractivity contribution in [1.29, 1.82) is 0 Å². The Morgan fingerprint density at radius 1 is 0.971 bits per heavy atom. The molecule has 0 aromatic heterocycles. The maximum atomic E-state index is 12.6. The number of amides is 1. The number of carbonyl (C=O) groups is 2. The number of methoxy groups -OCH3 is 2. The van der Waals surface area contributed by atoms with Crippen LogP contribution in [0.1, 0.15) is 15.9 Å². The topological polar surface area (TPSA) is 86.2 Å². The highest BCUT2D eigenvalue weighted by molar-refractivity contribution is 9.10. The van der Waals surface area contributed by atoms with E-state index in [2.05, 4.69) is 26.2 Å². The molecule has 4 rings (SSSR count). The molecule has 9 heteroatoms. The van der Waals surface area contributed by atoms with Crippen molar-refractivity contribution in [2.24, 2.45) is 4.99 Å². The number of ether oxygens (including phenoxy) is 3. The summed E-state index contributed by atoms with van der Waals surface area (Å²) in [5, 5.41) is 3.21. The van der Waals surface area contributed by atoms with Crippen LogP contribution < -0.4 is 19.5 Å². The molecule has 3 aromatic rings. The van der Waals surface area contributed by atoms with Gasteiger partial charge in [-0.1, -0.05) is 15.9 Å². The van der Waals surface area contributed by atoms with E-state index >= 15 is 0 Å². The molecule has 1 saturated heterocycles. The highest BCUT2D eigenvalue weighted by Gasteiger charge is 2.24. The molecule has 0 unspecified atom stereocenters. The summed E-state index contributed by atoms with van der Waals surface area (Å²) in [6.45, 7) is 0. The fourth-order valence-corrected chi connectivity index (χ4v) is 4.22. The Morgan fingerprint density at radius 3 is 2.26 bits per heavy atom. The average molecular weight is 539 g/mol. The number of hydrogen-bond acceptors (Lipinski definition) is 7. The molecule has 0 bridgehead atoms. The Balaban J connectivity index is 1.56. The average Bonchev–Trinajstić information content (AvgIpc) is 3.19. The summed E-state index contributed by atoms with van der Waals surface area (Å²) in [7, 11) is 3.15. The molecular weight excluding hydrogens is 520 g/mol. The molecule has 0 spiro atoms. The maximum Gasteiger partial charge on any atom is 0.343 e. The third kappa shape index (κ3) is 5.67. The Morgan fingerprint density at radius 2 is 1.62 bits per heavy atom. The van der Waals surface area contributed by atoms with Crippen LogP contribution in [0.15, 0.2) is 81.1 Å². The van der Waals surface area contributed by atoms with Crippen LogP contribution in [0.5, 0.6) is 17.2 Å². The monoisotopic (exact) mass is 538 g/mol. The van der Waals surface area contributed by atoms with Gasteiger partial charge in [0, 0.05) is 10.0 Å². The molecule has 0 atom stereocenters. The van der Waals surface area contributed by atoms with Gasteiger partial charge in [0.25, 0.3) is 5.91 Å². The molecule has 1 heterocycles. The van der Waals surface area contributed by atoms with E-state index in [1.54, 1.807) is 87.0 Å². The molecule has 0 radical (unpaired) electrons. The molecule has 172 valence electrons. The van der Waals surface area contributed by atoms with Crippen molar-refractivity contribution in [2.45, 2.75) is 0 Å². The highest BCUT2D eigenvalue weighted by Crippen LogP contribution is 2.32. The number of halogens is 1. The first-order valence-electron chi connectivity index (χ1n) is 10.0. The van der Waals surface area contributed by atoms with Gasteiger partial charge in [-0.3, -0.25) is 4.79 Å². The normalized spacial score (nSPS) is 15.3. The van der Waals surface area contributed by atoms with Crippen molar-refractivity contribution in [3.8, 4) is 17.2 Å². The number of thioether (sulfide) groups is 1. The zero-order valence-corrected chi connectivity index (χ0v) is 20.6. The number of benzene rings is 3. The zero-order valence-electron chi connectivity index (χ0n) is 18.2. The van der Waals surface area contributed by atoms with Crippen LogP contribution in [0.4, 0.5) is 5.69 Å². The number of esters is 1. The van der Waals surface area contributed by atoms with Gasteiger partial charge in [-0.2, -0.15) is 0 Å². The van der Waals surface area contributed by atoms with E-state index in [-0.39, 0.29) is 5.91 Å². The van der Waals surface area contributed by atoms with Gasteiger partial charge in [0.1, 0.15) is 17.2 Å². The largest absolute Gasteiger partial charge is 0.497 e. The van der Waals surface area contributed by atoms with E-state index < -0.39 is 5.97 Å². The summed E-state index contributed by atoms with van der Waals surface area (Å²) >= 11 is 4.63. The smallest absolute Gasteiger partial charge is 0.343 e. The second-order valence-corrected chi connectivity index (χ2v) is 8.93. The molecule has 7 nitrogen and oxygen atoms in total. The minimum absolute atomic E-state index is 0.287. The van der Waals surface area contributed by atoms with Gasteiger partial charge in [-0.15, -0.1) is 0 Å². The minimum Gasteiger partial charge on any atom is -0.497 e. The lowest BCUT2D eigenvalue weighted by atomic mass is 10.1. The summed E-state index contributed by atoms with van der Waals surface area (Å²) in [6.07, 6.45) is 1.66. The molecule has 1 N–H and O–H groups in total. The van der Waals surface area contributed by atoms with Crippen molar-refractivity contribution in [2.75, 3.05) is 14.2 Å². The van der Waals surface area contributed by atoms with E-state index in [0.717, 1.165) is 10.2 Å². The van der Waals surface area contributed by atoms with Gasteiger partial charge in [-0.25, -0.2) is 9.79 Å². The van der Waals surface area contributed by atoms with Crippen LogP contribution in [0, 0.1) is 0 Å². The van der Waals surface area contributed by atoms with Crippen molar-refractivity contribution in [1.82, 2.24) is 5.32 Å². The Bertz CT molecular complexity index is 1290. The van der Waals surface area contributed by atoms with E-state index in [0.29, 0.717) is 38.4 Å². The molecule has 1 fully saturated rings. The lowest BCUT2D eigenvalue weighted by Gasteiger charge is -2.09. The minimum atomic E-state index is -0.519. The first-order chi connectivity index (χ1) is 16.4. The van der Waals surface area contributed by atoms with Crippen LogP contribution in [0.25, 0.3) is 6.08 Å². The molecule has 1 aliphatic rings. The van der Waals surface area contributed by atoms with Crippen molar-refractivity contribution < 1.29 is 23.8 Å². The van der Waals surface area contributed by atoms with E-state index in [9.17, 15) is 9.59 Å². The molecule has 34 heavy (non-hydrogen) atoms. The molecule has 0 aliphatic carbocycles. The quantitative estimate of drug-likeness (QED) is 0.250. The van der Waals surface area contributed by atoms with Crippen LogP contribution >= 0.6 is 27.7 Å². The van der Waals surface area contributed by atoms with E-state index in [4.69, 9.17) is 14.2 Å². The Hall–Kier alpha value is -3.56. The summed E-state index contributed by atoms with van der Waals surface area (Å²) < 4.78 is 16.7. The Kier molecular flexibility index (Phi) is 7.34. The number of aliphatic imine (C=N–C) groups is 1. The molecule has 3 aromatic carbocycles. The molecular formula is C25H19BrN2O5S. The van der Waals surface area contributed by atoms with E-state index in [1.165, 1.54) is 11.8 Å². The number of nitrogens with one attached hydrogen (secondary N) is 1. The first-order valence-corrected chi connectivity index (χ1v) is 11.7. The van der Waals surface area contributed by atoms with Gasteiger partial charge < -0.3 is 19.5 Å². The number of amidine groups is 1. The molecule has 0 saturated carbocycles. The number of carbonyl (C=O) groups excluding carboxylic acids is 2. The fourth-order valence-electron chi connectivity index (χ4n) is 3.01. The van der Waals surface area contributed by atoms with Crippen LogP contribution in [0.2, 0.25) is 0 Å². The van der Waals surface area contributed by atoms with Gasteiger partial charge in [0.05, 0.1) is 30.4 Å². The van der Waals surface area contributed by atoms with Crippen LogP contribution in [-0.4, -0.2) is 31.3 Å². The molecule has 1 aliphatic heterocycles. The summed E-state index contributed by atoms with van der Waals surface area (Å²) in [4.78, 5) is 30.1. The predicted molar refractivity (Wildman–Crippen MR) is 136 cm³/mol. The predicted octanol–water partition coefficient (Wildman–Crippen LogP) is 5.58. The second-order valence-electron chi connectivity index (χ2n) is 6.98. The second kappa shape index (κ2) is 10.6. The first kappa shape index (κ1) is 23.6. The lowest BCUT2D eigenvalue weighted by molar-refractivity contribution is -0.115.